The van der Waals surface area contributed by atoms with Crippen molar-refractivity contribution in [3.63, 3.8) is 0 Å². The van der Waals surface area contributed by atoms with Gasteiger partial charge in [-0.25, -0.2) is 8.78 Å². The molecule has 0 radical (unpaired) electrons. The highest BCUT2D eigenvalue weighted by Crippen LogP contribution is 2.23. The lowest BCUT2D eigenvalue weighted by atomic mass is 10.1. The van der Waals surface area contributed by atoms with Crippen LogP contribution in [-0.2, 0) is 6.54 Å². The van der Waals surface area contributed by atoms with Gasteiger partial charge in [0.25, 0.3) is 0 Å². The third kappa shape index (κ3) is 3.69. The summed E-state index contributed by atoms with van der Waals surface area (Å²) in [5.74, 6) is -0.884. The van der Waals surface area contributed by atoms with E-state index in [0.29, 0.717) is 22.2 Å². The second-order valence-corrected chi connectivity index (χ2v) is 5.33. The summed E-state index contributed by atoms with van der Waals surface area (Å²) >= 11 is 11.8. The van der Waals surface area contributed by atoms with Crippen molar-refractivity contribution in [2.45, 2.75) is 19.5 Å². The van der Waals surface area contributed by atoms with E-state index >= 15 is 0 Å². The fourth-order valence-electron chi connectivity index (χ4n) is 1.88. The predicted molar refractivity (Wildman–Crippen MR) is 78.1 cm³/mol. The van der Waals surface area contributed by atoms with Crippen molar-refractivity contribution in [3.05, 3.63) is 69.2 Å². The molecule has 2 rings (SSSR count). The topological polar surface area (TPSA) is 12.0 Å². The summed E-state index contributed by atoms with van der Waals surface area (Å²) in [6, 6.07) is 8.38. The van der Waals surface area contributed by atoms with Gasteiger partial charge in [-0.05, 0) is 42.8 Å². The van der Waals surface area contributed by atoms with E-state index in [1.54, 1.807) is 19.1 Å². The molecule has 0 heterocycles. The van der Waals surface area contributed by atoms with Gasteiger partial charge in [-0.15, -0.1) is 0 Å². The molecule has 106 valence electrons. The van der Waals surface area contributed by atoms with E-state index in [1.807, 2.05) is 6.07 Å². The van der Waals surface area contributed by atoms with Crippen LogP contribution in [0.1, 0.15) is 24.1 Å². The average molecular weight is 316 g/mol. The third-order valence-corrected chi connectivity index (χ3v) is 3.76. The lowest BCUT2D eigenvalue weighted by molar-refractivity contribution is 0.518. The lowest BCUT2D eigenvalue weighted by Gasteiger charge is -2.15. The van der Waals surface area contributed by atoms with Gasteiger partial charge >= 0.3 is 0 Å². The highest BCUT2D eigenvalue weighted by Gasteiger charge is 2.11. The molecule has 1 nitrogen and oxygen atoms in total. The molecule has 0 aliphatic carbocycles. The third-order valence-electron chi connectivity index (χ3n) is 3.02. The zero-order chi connectivity index (χ0) is 14.7. The summed E-state index contributed by atoms with van der Waals surface area (Å²) in [4.78, 5) is 0. The van der Waals surface area contributed by atoms with E-state index < -0.39 is 11.6 Å². The smallest absolute Gasteiger partial charge is 0.128 e. The molecule has 2 aromatic rings. The minimum Gasteiger partial charge on any atom is -0.306 e. The second-order valence-electron chi connectivity index (χ2n) is 4.52. The molecule has 2 aromatic carbocycles. The number of nitrogens with one attached hydrogen (secondary N) is 1. The number of hydrogen-bond donors (Lipinski definition) is 1. The zero-order valence-corrected chi connectivity index (χ0v) is 12.3. The molecule has 0 aromatic heterocycles. The van der Waals surface area contributed by atoms with Gasteiger partial charge in [0.15, 0.2) is 0 Å². The molecule has 0 bridgehead atoms. The highest BCUT2D eigenvalue weighted by atomic mass is 35.5. The molecule has 1 unspecified atom stereocenters. The standard InChI is InChI=1S/C15H13Cl2F2N/c1-9(12-7-11(18)3-5-15(12)19)20-8-10-2-4-13(16)14(17)6-10/h2-7,9,20H,8H2,1H3. The molecular formula is C15H13Cl2F2N. The summed E-state index contributed by atoms with van der Waals surface area (Å²) in [5, 5.41) is 4.08. The SMILES string of the molecule is CC(NCc1ccc(Cl)c(Cl)c1)c1cc(F)ccc1F. The minimum absolute atomic E-state index is 0.296. The molecule has 1 atom stereocenters. The van der Waals surface area contributed by atoms with Gasteiger partial charge in [0.2, 0.25) is 0 Å². The van der Waals surface area contributed by atoms with Gasteiger partial charge in [0.1, 0.15) is 11.6 Å². The average Bonchev–Trinajstić information content (AvgIpc) is 2.42. The number of rotatable bonds is 4. The van der Waals surface area contributed by atoms with Crippen molar-refractivity contribution in [1.29, 1.82) is 0 Å². The molecule has 0 saturated heterocycles. The molecular weight excluding hydrogens is 303 g/mol. The largest absolute Gasteiger partial charge is 0.306 e. The van der Waals surface area contributed by atoms with E-state index in [1.165, 1.54) is 6.07 Å². The summed E-state index contributed by atoms with van der Waals surface area (Å²) in [6.45, 7) is 2.25. The Hall–Kier alpha value is -1.16. The summed E-state index contributed by atoms with van der Waals surface area (Å²) in [7, 11) is 0. The van der Waals surface area contributed by atoms with Crippen molar-refractivity contribution in [1.82, 2.24) is 5.32 Å². The molecule has 20 heavy (non-hydrogen) atoms. The molecule has 1 N–H and O–H groups in total. The van der Waals surface area contributed by atoms with Crippen molar-refractivity contribution < 1.29 is 8.78 Å². The van der Waals surface area contributed by atoms with Crippen molar-refractivity contribution in [2.24, 2.45) is 0 Å². The quantitative estimate of drug-likeness (QED) is 0.825. The van der Waals surface area contributed by atoms with Crippen LogP contribution in [0.5, 0.6) is 0 Å². The second kappa shape index (κ2) is 6.53. The lowest BCUT2D eigenvalue weighted by Crippen LogP contribution is -2.19. The van der Waals surface area contributed by atoms with Crippen molar-refractivity contribution >= 4 is 23.2 Å². The van der Waals surface area contributed by atoms with E-state index in [9.17, 15) is 8.78 Å². The Bertz CT molecular complexity index is 617. The number of hydrogen-bond acceptors (Lipinski definition) is 1. The van der Waals surface area contributed by atoms with Crippen LogP contribution in [0, 0.1) is 11.6 Å². The van der Waals surface area contributed by atoms with Gasteiger partial charge in [0.05, 0.1) is 10.0 Å². The normalized spacial score (nSPS) is 12.4. The number of benzene rings is 2. The maximum Gasteiger partial charge on any atom is 0.128 e. The Balaban J connectivity index is 2.06. The van der Waals surface area contributed by atoms with Crippen LogP contribution in [-0.4, -0.2) is 0 Å². The van der Waals surface area contributed by atoms with Crippen molar-refractivity contribution in [2.75, 3.05) is 0 Å². The van der Waals surface area contributed by atoms with E-state index in [2.05, 4.69) is 5.32 Å². The van der Waals surface area contributed by atoms with Crippen LogP contribution in [0.4, 0.5) is 8.78 Å². The Morgan fingerprint density at radius 2 is 1.80 bits per heavy atom. The van der Waals surface area contributed by atoms with Crippen LogP contribution < -0.4 is 5.32 Å². The monoisotopic (exact) mass is 315 g/mol. The maximum atomic E-state index is 13.6. The first-order valence-corrected chi connectivity index (χ1v) is 6.85. The first kappa shape index (κ1) is 15.2. The summed E-state index contributed by atoms with van der Waals surface area (Å²) < 4.78 is 26.8. The van der Waals surface area contributed by atoms with Crippen LogP contribution in [0.2, 0.25) is 10.0 Å². The first-order valence-electron chi connectivity index (χ1n) is 6.09. The fourth-order valence-corrected chi connectivity index (χ4v) is 2.20. The van der Waals surface area contributed by atoms with Crippen LogP contribution >= 0.6 is 23.2 Å². The molecule has 0 aliphatic rings. The van der Waals surface area contributed by atoms with Gasteiger partial charge in [-0.2, -0.15) is 0 Å². The van der Waals surface area contributed by atoms with Gasteiger partial charge < -0.3 is 5.32 Å². The molecule has 5 heteroatoms. The molecule has 0 amide bonds. The Kier molecular flexibility index (Phi) is 4.97. The van der Waals surface area contributed by atoms with Gasteiger partial charge in [-0.1, -0.05) is 29.3 Å². The molecule has 0 saturated carbocycles. The molecule has 0 fully saturated rings. The van der Waals surface area contributed by atoms with Crippen molar-refractivity contribution in [3.8, 4) is 0 Å². The summed E-state index contributed by atoms with van der Waals surface area (Å²) in [6.07, 6.45) is 0. The number of halogens is 4. The van der Waals surface area contributed by atoms with E-state index in [-0.39, 0.29) is 6.04 Å². The van der Waals surface area contributed by atoms with Gasteiger partial charge in [0, 0.05) is 18.2 Å². The van der Waals surface area contributed by atoms with E-state index in [4.69, 9.17) is 23.2 Å². The first-order chi connectivity index (χ1) is 9.47. The fraction of sp³-hybridized carbons (Fsp3) is 0.200. The predicted octanol–water partition coefficient (Wildman–Crippen LogP) is 5.12. The zero-order valence-electron chi connectivity index (χ0n) is 10.8. The van der Waals surface area contributed by atoms with Gasteiger partial charge in [-0.3, -0.25) is 0 Å². The van der Waals surface area contributed by atoms with Crippen LogP contribution in [0.25, 0.3) is 0 Å². The Morgan fingerprint density at radius 3 is 2.50 bits per heavy atom. The highest BCUT2D eigenvalue weighted by molar-refractivity contribution is 6.42. The molecule has 0 spiro atoms. The van der Waals surface area contributed by atoms with Crippen LogP contribution in [0.15, 0.2) is 36.4 Å². The Morgan fingerprint density at radius 1 is 1.05 bits per heavy atom. The molecule has 0 aliphatic heterocycles. The van der Waals surface area contributed by atoms with Crippen LogP contribution in [0.3, 0.4) is 0 Å². The van der Waals surface area contributed by atoms with E-state index in [0.717, 1.165) is 17.7 Å². The maximum absolute atomic E-state index is 13.6. The summed E-state index contributed by atoms with van der Waals surface area (Å²) in [5.41, 5.74) is 1.22. The Labute approximate surface area is 126 Å². The minimum atomic E-state index is -0.454.